The molecule has 0 saturated carbocycles. The molecule has 1 N–H and O–H groups in total. The molecule has 5 rings (SSSR count). The molecule has 0 bridgehead atoms. The van der Waals surface area contributed by atoms with E-state index in [0.29, 0.717) is 50.3 Å². The first-order chi connectivity index (χ1) is 18.3. The van der Waals surface area contributed by atoms with Crippen LogP contribution in [0.4, 0.5) is 15.9 Å². The Morgan fingerprint density at radius 1 is 0.974 bits per heavy atom. The summed E-state index contributed by atoms with van der Waals surface area (Å²) >= 11 is 0. The third-order valence-corrected chi connectivity index (χ3v) is 9.40. The van der Waals surface area contributed by atoms with E-state index in [1.807, 2.05) is 11.0 Å². The molecule has 3 heterocycles. The van der Waals surface area contributed by atoms with E-state index in [0.717, 1.165) is 5.82 Å². The number of rotatable bonds is 7. The van der Waals surface area contributed by atoms with Crippen LogP contribution in [-0.2, 0) is 25.8 Å². The fourth-order valence-electron chi connectivity index (χ4n) is 4.79. The highest BCUT2D eigenvalue weighted by molar-refractivity contribution is 7.92. The summed E-state index contributed by atoms with van der Waals surface area (Å²) in [5, 5.41) is 10.1. The number of nitrogens with zero attached hydrogens (tertiary/aromatic N) is 4. The molecular formula is C27H28FN5O4S. The summed E-state index contributed by atoms with van der Waals surface area (Å²) in [7, 11) is -3.60. The molecule has 2 fully saturated rings. The van der Waals surface area contributed by atoms with Crippen LogP contribution in [0.15, 0.2) is 71.8 Å². The van der Waals surface area contributed by atoms with E-state index in [4.69, 9.17) is 0 Å². The molecule has 3 aromatic rings. The summed E-state index contributed by atoms with van der Waals surface area (Å²) in [5.41, 5.74) is 0.861. The van der Waals surface area contributed by atoms with Gasteiger partial charge in [0.1, 0.15) is 5.82 Å². The molecule has 1 aromatic heterocycles. The van der Waals surface area contributed by atoms with Gasteiger partial charge in [0.25, 0.3) is 0 Å². The third-order valence-electron chi connectivity index (χ3n) is 7.12. The molecule has 0 unspecified atom stereocenters. The van der Waals surface area contributed by atoms with Gasteiger partial charge >= 0.3 is 0 Å². The van der Waals surface area contributed by atoms with E-state index < -0.39 is 20.9 Å². The SMILES string of the molecule is O=C(Nc1ccc(S(=O)(=O)C2CCN(C(=O)Cc3ccccc3F)CC2)cc1)C1CN(c2cccnn2)C1. The number of hydrogen-bond donors (Lipinski definition) is 1. The second-order valence-electron chi connectivity index (χ2n) is 9.59. The second-order valence-corrected chi connectivity index (χ2v) is 11.8. The van der Waals surface area contributed by atoms with Gasteiger partial charge in [0.2, 0.25) is 11.8 Å². The van der Waals surface area contributed by atoms with Gasteiger partial charge in [-0.25, -0.2) is 12.8 Å². The first kappa shape index (κ1) is 25.8. The van der Waals surface area contributed by atoms with Gasteiger partial charge < -0.3 is 15.1 Å². The highest BCUT2D eigenvalue weighted by Gasteiger charge is 2.35. The van der Waals surface area contributed by atoms with Crippen LogP contribution < -0.4 is 10.2 Å². The smallest absolute Gasteiger partial charge is 0.231 e. The van der Waals surface area contributed by atoms with Gasteiger partial charge in [0.15, 0.2) is 15.7 Å². The molecule has 2 aromatic carbocycles. The summed E-state index contributed by atoms with van der Waals surface area (Å²) in [6.07, 6.45) is 2.18. The number of nitrogens with one attached hydrogen (secondary N) is 1. The minimum Gasteiger partial charge on any atom is -0.353 e. The first-order valence-corrected chi connectivity index (χ1v) is 14.0. The van der Waals surface area contributed by atoms with E-state index in [2.05, 4.69) is 15.5 Å². The number of anilines is 2. The summed E-state index contributed by atoms with van der Waals surface area (Å²) in [6.45, 7) is 1.69. The Labute approximate surface area is 220 Å². The lowest BCUT2D eigenvalue weighted by Gasteiger charge is -2.38. The molecule has 0 spiro atoms. The van der Waals surface area contributed by atoms with Crippen molar-refractivity contribution in [2.75, 3.05) is 36.4 Å². The van der Waals surface area contributed by atoms with E-state index >= 15 is 0 Å². The van der Waals surface area contributed by atoms with Gasteiger partial charge in [-0.1, -0.05) is 18.2 Å². The topological polar surface area (TPSA) is 113 Å². The average molecular weight is 538 g/mol. The quantitative estimate of drug-likeness (QED) is 0.493. The van der Waals surface area contributed by atoms with Crippen molar-refractivity contribution >= 4 is 33.2 Å². The van der Waals surface area contributed by atoms with Crippen LogP contribution in [0.2, 0.25) is 0 Å². The third kappa shape index (κ3) is 5.52. The Bertz CT molecular complexity index is 1400. The molecule has 2 aliphatic heterocycles. The van der Waals surface area contributed by atoms with Crippen LogP contribution in [0.5, 0.6) is 0 Å². The van der Waals surface area contributed by atoms with Crippen molar-refractivity contribution in [2.24, 2.45) is 5.92 Å². The fourth-order valence-corrected chi connectivity index (χ4v) is 6.52. The Balaban J connectivity index is 1.12. The van der Waals surface area contributed by atoms with Crippen LogP contribution in [0.25, 0.3) is 0 Å². The maximum Gasteiger partial charge on any atom is 0.231 e. The number of carbonyl (C=O) groups excluding carboxylic acids is 2. The summed E-state index contributed by atoms with van der Waals surface area (Å²) < 4.78 is 40.3. The largest absolute Gasteiger partial charge is 0.353 e. The van der Waals surface area contributed by atoms with E-state index in [1.165, 1.54) is 18.2 Å². The Hall–Kier alpha value is -3.86. The van der Waals surface area contributed by atoms with Crippen LogP contribution in [0.1, 0.15) is 18.4 Å². The molecule has 38 heavy (non-hydrogen) atoms. The monoisotopic (exact) mass is 537 g/mol. The van der Waals surface area contributed by atoms with Crippen molar-refractivity contribution in [3.63, 3.8) is 0 Å². The summed E-state index contributed by atoms with van der Waals surface area (Å²) in [5.74, 6) is -0.224. The Morgan fingerprint density at radius 3 is 2.34 bits per heavy atom. The number of hydrogen-bond acceptors (Lipinski definition) is 7. The van der Waals surface area contributed by atoms with E-state index in [-0.39, 0.29) is 29.0 Å². The number of sulfone groups is 1. The number of piperidine rings is 1. The molecule has 2 aliphatic rings. The second kappa shape index (κ2) is 10.9. The lowest BCUT2D eigenvalue weighted by atomic mass is 9.99. The van der Waals surface area contributed by atoms with Crippen LogP contribution in [0.3, 0.4) is 0 Å². The number of halogens is 1. The molecule has 2 saturated heterocycles. The van der Waals surface area contributed by atoms with Crippen molar-refractivity contribution in [1.82, 2.24) is 15.1 Å². The fraction of sp³-hybridized carbons (Fsp3) is 0.333. The summed E-state index contributed by atoms with van der Waals surface area (Å²) in [6, 6.07) is 16.0. The maximum atomic E-state index is 13.9. The van der Waals surface area contributed by atoms with Crippen LogP contribution in [-0.4, -0.2) is 66.8 Å². The standard InChI is InChI=1S/C27H28FN5O4S/c28-24-5-2-1-4-19(24)16-26(34)32-14-11-23(12-15-32)38(36,37)22-9-7-21(8-10-22)30-27(35)20-17-33(18-20)25-6-3-13-29-31-25/h1-10,13,20,23H,11-12,14-18H2,(H,30,35). The number of likely N-dealkylation sites (tertiary alicyclic amines) is 1. The highest BCUT2D eigenvalue weighted by atomic mass is 32.2. The molecular weight excluding hydrogens is 509 g/mol. The minimum absolute atomic E-state index is 0.0451. The lowest BCUT2D eigenvalue weighted by molar-refractivity contribution is -0.131. The van der Waals surface area contributed by atoms with Gasteiger partial charge in [-0.15, -0.1) is 5.10 Å². The van der Waals surface area contributed by atoms with Gasteiger partial charge in [-0.2, -0.15) is 5.10 Å². The van der Waals surface area contributed by atoms with Gasteiger partial charge in [0, 0.05) is 38.1 Å². The molecule has 9 nitrogen and oxygen atoms in total. The van der Waals surface area contributed by atoms with Gasteiger partial charge in [-0.05, 0) is 60.9 Å². The van der Waals surface area contributed by atoms with Gasteiger partial charge in [-0.3, -0.25) is 9.59 Å². The predicted octanol–water partition coefficient (Wildman–Crippen LogP) is 2.70. The van der Waals surface area contributed by atoms with E-state index in [1.54, 1.807) is 47.5 Å². The maximum absolute atomic E-state index is 13.9. The van der Waals surface area contributed by atoms with Crippen molar-refractivity contribution in [1.29, 1.82) is 0 Å². The lowest BCUT2D eigenvalue weighted by Crippen LogP contribution is -2.52. The average Bonchev–Trinajstić information content (AvgIpc) is 2.90. The zero-order chi connectivity index (χ0) is 26.7. The predicted molar refractivity (Wildman–Crippen MR) is 140 cm³/mol. The number of carbonyl (C=O) groups is 2. The minimum atomic E-state index is -3.60. The van der Waals surface area contributed by atoms with Crippen molar-refractivity contribution < 1.29 is 22.4 Å². The molecule has 11 heteroatoms. The number of aromatic nitrogens is 2. The van der Waals surface area contributed by atoms with Crippen LogP contribution in [0, 0.1) is 11.7 Å². The molecule has 0 atom stereocenters. The summed E-state index contributed by atoms with van der Waals surface area (Å²) in [4.78, 5) is 28.9. The normalized spacial score (nSPS) is 16.7. The zero-order valence-corrected chi connectivity index (χ0v) is 21.5. The van der Waals surface area contributed by atoms with Crippen molar-refractivity contribution in [3.05, 3.63) is 78.2 Å². The molecule has 0 aliphatic carbocycles. The van der Waals surface area contributed by atoms with Crippen molar-refractivity contribution in [3.8, 4) is 0 Å². The molecule has 0 radical (unpaired) electrons. The molecule has 2 amide bonds. The Morgan fingerprint density at radius 2 is 1.68 bits per heavy atom. The van der Waals surface area contributed by atoms with Gasteiger partial charge in [0.05, 0.1) is 22.5 Å². The molecule has 198 valence electrons. The Kier molecular flexibility index (Phi) is 7.37. The number of benzene rings is 2. The first-order valence-electron chi connectivity index (χ1n) is 12.5. The van der Waals surface area contributed by atoms with Crippen LogP contribution >= 0.6 is 0 Å². The van der Waals surface area contributed by atoms with Crippen molar-refractivity contribution in [2.45, 2.75) is 29.4 Å². The number of amides is 2. The highest BCUT2D eigenvalue weighted by Crippen LogP contribution is 2.27. The van der Waals surface area contributed by atoms with E-state index in [9.17, 15) is 22.4 Å². The zero-order valence-electron chi connectivity index (χ0n) is 20.7.